The summed E-state index contributed by atoms with van der Waals surface area (Å²) in [4.78, 5) is 77.5. The Kier molecular flexibility index (Phi) is 26.9. The topological polar surface area (TPSA) is 158 Å². The summed E-state index contributed by atoms with van der Waals surface area (Å²) in [6.45, 7) is 10.4. The van der Waals surface area contributed by atoms with Crippen molar-refractivity contribution in [3.05, 3.63) is 0 Å². The first kappa shape index (κ1) is 44.8. The van der Waals surface area contributed by atoms with Crippen LogP contribution in [-0.4, -0.2) is 73.4 Å². The maximum Gasteiger partial charge on any atom is 0.306 e. The van der Waals surface area contributed by atoms with Crippen molar-refractivity contribution in [2.75, 3.05) is 13.2 Å². The lowest BCUT2D eigenvalue weighted by molar-refractivity contribution is -0.209. The first-order valence-electron chi connectivity index (χ1n) is 18.2. The van der Waals surface area contributed by atoms with Gasteiger partial charge < -0.3 is 28.4 Å². The fourth-order valence-corrected chi connectivity index (χ4v) is 4.40. The maximum atomic E-state index is 13.2. The molecule has 0 aromatic rings. The van der Waals surface area contributed by atoms with Gasteiger partial charge in [0.25, 0.3) is 0 Å². The van der Waals surface area contributed by atoms with Crippen LogP contribution in [0.2, 0.25) is 0 Å². The Balaban J connectivity index is 7.02. The average Bonchev–Trinajstić information content (AvgIpc) is 3.07. The number of carbonyl (C=O) groups is 6. The van der Waals surface area contributed by atoms with Crippen molar-refractivity contribution in [2.24, 2.45) is 0 Å². The summed E-state index contributed by atoms with van der Waals surface area (Å²) >= 11 is 0. The Morgan fingerprint density at radius 3 is 0.833 bits per heavy atom. The summed E-state index contributed by atoms with van der Waals surface area (Å²) in [6.07, 6.45) is 1.79. The Labute approximate surface area is 287 Å². The van der Waals surface area contributed by atoms with E-state index in [2.05, 4.69) is 0 Å². The molecule has 48 heavy (non-hydrogen) atoms. The summed E-state index contributed by atoms with van der Waals surface area (Å²) in [5.41, 5.74) is 0. The van der Waals surface area contributed by atoms with E-state index in [-0.39, 0.29) is 38.5 Å². The molecule has 0 saturated carbocycles. The molecular weight excluding hydrogens is 624 g/mol. The quantitative estimate of drug-likeness (QED) is 0.0595. The smallest absolute Gasteiger partial charge is 0.306 e. The van der Waals surface area contributed by atoms with Crippen LogP contribution in [0.1, 0.15) is 157 Å². The third-order valence-electron chi connectivity index (χ3n) is 7.38. The number of unbranched alkanes of at least 4 members (excludes halogenated alkanes) is 6. The van der Waals surface area contributed by atoms with Crippen LogP contribution in [0.4, 0.5) is 0 Å². The van der Waals surface area contributed by atoms with E-state index < -0.39 is 73.4 Å². The molecule has 0 aromatic carbocycles. The van der Waals surface area contributed by atoms with Crippen LogP contribution in [0.5, 0.6) is 0 Å². The van der Waals surface area contributed by atoms with Crippen LogP contribution in [0.3, 0.4) is 0 Å². The molecule has 12 nitrogen and oxygen atoms in total. The zero-order valence-electron chi connectivity index (χ0n) is 30.4. The number of ether oxygens (including phenoxy) is 6. The molecule has 4 atom stereocenters. The minimum Gasteiger partial charge on any atom is -0.462 e. The van der Waals surface area contributed by atoms with Crippen molar-refractivity contribution in [3.8, 4) is 0 Å². The predicted molar refractivity (Wildman–Crippen MR) is 179 cm³/mol. The summed E-state index contributed by atoms with van der Waals surface area (Å²) in [7, 11) is 0. The molecule has 0 rings (SSSR count). The summed E-state index contributed by atoms with van der Waals surface area (Å²) in [5.74, 6) is -3.74. The largest absolute Gasteiger partial charge is 0.462 e. The molecule has 0 heterocycles. The number of rotatable bonds is 29. The molecule has 278 valence electrons. The van der Waals surface area contributed by atoms with Gasteiger partial charge in [-0.05, 0) is 38.5 Å². The molecule has 0 bridgehead atoms. The fourth-order valence-electron chi connectivity index (χ4n) is 4.40. The maximum absolute atomic E-state index is 13.2. The molecule has 0 saturated heterocycles. The van der Waals surface area contributed by atoms with Gasteiger partial charge in [0.2, 0.25) is 0 Å². The third-order valence-corrected chi connectivity index (χ3v) is 7.38. The third kappa shape index (κ3) is 21.6. The molecule has 0 fully saturated rings. The molecule has 0 radical (unpaired) electrons. The monoisotopic (exact) mass is 686 g/mol. The van der Waals surface area contributed by atoms with Gasteiger partial charge in [0.05, 0.1) is 0 Å². The molecule has 0 unspecified atom stereocenters. The van der Waals surface area contributed by atoms with Crippen molar-refractivity contribution in [2.45, 2.75) is 182 Å². The Bertz CT molecular complexity index is 860. The number of carbonyl (C=O) groups excluding carboxylic acids is 6. The molecule has 12 heteroatoms. The van der Waals surface area contributed by atoms with Gasteiger partial charge in [-0.2, -0.15) is 0 Å². The van der Waals surface area contributed by atoms with E-state index in [0.29, 0.717) is 64.2 Å². The average molecular weight is 687 g/mol. The van der Waals surface area contributed by atoms with Crippen LogP contribution in [0, 0.1) is 0 Å². The van der Waals surface area contributed by atoms with Crippen molar-refractivity contribution < 1.29 is 57.2 Å². The zero-order chi connectivity index (χ0) is 36.2. The van der Waals surface area contributed by atoms with Crippen molar-refractivity contribution in [3.63, 3.8) is 0 Å². The second-order valence-electron chi connectivity index (χ2n) is 12.0. The van der Waals surface area contributed by atoms with E-state index in [4.69, 9.17) is 28.4 Å². The normalized spacial score (nSPS) is 13.4. The van der Waals surface area contributed by atoms with Crippen LogP contribution in [0.25, 0.3) is 0 Å². The number of hydrogen-bond acceptors (Lipinski definition) is 12. The Morgan fingerprint density at radius 2 is 0.583 bits per heavy atom. The number of hydrogen-bond donors (Lipinski definition) is 0. The van der Waals surface area contributed by atoms with Gasteiger partial charge in [-0.25, -0.2) is 0 Å². The highest BCUT2D eigenvalue weighted by Crippen LogP contribution is 2.23. The number of esters is 6. The van der Waals surface area contributed by atoms with Crippen LogP contribution in [-0.2, 0) is 57.2 Å². The fraction of sp³-hybridized carbons (Fsp3) is 0.833. The summed E-state index contributed by atoms with van der Waals surface area (Å²) in [6, 6.07) is 0. The second kappa shape index (κ2) is 28.8. The van der Waals surface area contributed by atoms with Gasteiger partial charge in [-0.1, -0.05) is 80.1 Å². The standard InChI is InChI=1S/C36H62O12/c1-7-13-19-29(37)43-25-27(45-31(39)21-15-9-3)35(47-33(41)23-17-11-5)36(48-34(42)24-18-12-6)28(46-32(40)22-16-10-4)26-44-30(38)20-14-8-2/h27-28,35-36H,7-26H2,1-6H3/t27-,28+,35-,36-/m1/s1. The molecule has 0 amide bonds. The molecule has 0 aliphatic carbocycles. The highest BCUT2D eigenvalue weighted by Gasteiger charge is 2.45. The molecule has 0 aliphatic rings. The lowest BCUT2D eigenvalue weighted by atomic mass is 10.0. The molecule has 0 aliphatic heterocycles. The van der Waals surface area contributed by atoms with Crippen LogP contribution >= 0.6 is 0 Å². The second-order valence-corrected chi connectivity index (χ2v) is 12.0. The van der Waals surface area contributed by atoms with Gasteiger partial charge in [-0.3, -0.25) is 28.8 Å². The first-order valence-corrected chi connectivity index (χ1v) is 18.2. The molecule has 0 N–H and O–H groups in total. The van der Waals surface area contributed by atoms with Gasteiger partial charge in [0.15, 0.2) is 24.4 Å². The summed E-state index contributed by atoms with van der Waals surface area (Å²) in [5, 5.41) is 0. The van der Waals surface area contributed by atoms with E-state index in [1.54, 1.807) is 0 Å². The van der Waals surface area contributed by atoms with Crippen molar-refractivity contribution in [1.29, 1.82) is 0 Å². The van der Waals surface area contributed by atoms with Gasteiger partial charge in [0, 0.05) is 38.5 Å². The minimum atomic E-state index is -1.57. The molecule has 0 spiro atoms. The molecule has 0 aromatic heterocycles. The minimum absolute atomic E-state index is 0.00322. The van der Waals surface area contributed by atoms with E-state index in [9.17, 15) is 28.8 Å². The van der Waals surface area contributed by atoms with E-state index in [0.717, 1.165) is 12.8 Å². The predicted octanol–water partition coefficient (Wildman–Crippen LogP) is 6.86. The first-order chi connectivity index (χ1) is 23.1. The Hall–Kier alpha value is -3.18. The van der Waals surface area contributed by atoms with E-state index in [1.807, 2.05) is 41.5 Å². The summed E-state index contributed by atoms with van der Waals surface area (Å²) < 4.78 is 34.4. The van der Waals surface area contributed by atoms with Gasteiger partial charge in [-0.15, -0.1) is 0 Å². The Morgan fingerprint density at radius 1 is 0.354 bits per heavy atom. The van der Waals surface area contributed by atoms with E-state index in [1.165, 1.54) is 0 Å². The highest BCUT2D eigenvalue weighted by molar-refractivity contribution is 5.73. The van der Waals surface area contributed by atoms with E-state index >= 15 is 0 Å². The van der Waals surface area contributed by atoms with Crippen LogP contribution in [0.15, 0.2) is 0 Å². The lowest BCUT2D eigenvalue weighted by Gasteiger charge is -2.36. The molecular formula is C36H62O12. The van der Waals surface area contributed by atoms with Crippen molar-refractivity contribution >= 4 is 35.8 Å². The van der Waals surface area contributed by atoms with Crippen LogP contribution < -0.4 is 0 Å². The highest BCUT2D eigenvalue weighted by atomic mass is 16.6. The van der Waals surface area contributed by atoms with Gasteiger partial charge in [0.1, 0.15) is 13.2 Å². The van der Waals surface area contributed by atoms with Crippen molar-refractivity contribution in [1.82, 2.24) is 0 Å². The van der Waals surface area contributed by atoms with Gasteiger partial charge >= 0.3 is 35.8 Å². The zero-order valence-corrected chi connectivity index (χ0v) is 30.4. The lowest BCUT2D eigenvalue weighted by Crippen LogP contribution is -2.54. The SMILES string of the molecule is CCCCC(=O)OC[C@H](OC(=O)CCCC)[C@@H](OC(=O)CCCC)[C@H](OC(=O)CCCC)[C@@H](COC(=O)CCCC)OC(=O)CCCC.